The Bertz CT molecular complexity index is 409. The van der Waals surface area contributed by atoms with Crippen molar-refractivity contribution < 1.29 is 4.74 Å². The number of rotatable bonds is 10. The molecule has 0 aliphatic carbocycles. The van der Waals surface area contributed by atoms with Gasteiger partial charge in [-0.15, -0.1) is 0 Å². The number of nitrogens with zero attached hydrogens (tertiary/aromatic N) is 2. The zero-order valence-corrected chi connectivity index (χ0v) is 14.1. The summed E-state index contributed by atoms with van der Waals surface area (Å²) in [4.78, 5) is 8.91. The number of anilines is 2. The normalized spacial score (nSPS) is 12.5. The van der Waals surface area contributed by atoms with Gasteiger partial charge in [-0.25, -0.2) is 9.97 Å². The van der Waals surface area contributed by atoms with Gasteiger partial charge >= 0.3 is 0 Å². The molecule has 0 spiro atoms. The minimum absolute atomic E-state index is 0.406. The molecule has 1 rings (SSSR count). The van der Waals surface area contributed by atoms with Gasteiger partial charge in [0.25, 0.3) is 0 Å². The molecule has 0 fully saturated rings. The predicted octanol–water partition coefficient (Wildman–Crippen LogP) is 3.68. The largest absolute Gasteiger partial charge is 0.374 e. The fourth-order valence-corrected chi connectivity index (χ4v) is 2.11. The van der Waals surface area contributed by atoms with Crippen molar-refractivity contribution in [3.05, 3.63) is 11.9 Å². The molecule has 0 saturated heterocycles. The molecular weight excluding hydrogens is 264 g/mol. The molecule has 1 aromatic rings. The van der Waals surface area contributed by atoms with Crippen LogP contribution in [0.2, 0.25) is 0 Å². The highest BCUT2D eigenvalue weighted by Gasteiger charge is 2.08. The van der Waals surface area contributed by atoms with Crippen LogP contribution in [0, 0.1) is 5.92 Å². The lowest BCUT2D eigenvalue weighted by molar-refractivity contribution is 0.128. The topological polar surface area (TPSA) is 59.1 Å². The summed E-state index contributed by atoms with van der Waals surface area (Å²) in [5.74, 6) is 3.16. The molecular formula is C16H30N4O. The maximum Gasteiger partial charge on any atom is 0.158 e. The summed E-state index contributed by atoms with van der Waals surface area (Å²) in [5, 5.41) is 6.53. The smallest absolute Gasteiger partial charge is 0.158 e. The Labute approximate surface area is 128 Å². The second-order valence-corrected chi connectivity index (χ2v) is 5.81. The molecule has 1 heterocycles. The maximum atomic E-state index is 5.39. The number of aromatic nitrogens is 2. The van der Waals surface area contributed by atoms with Crippen LogP contribution in [-0.4, -0.2) is 29.7 Å². The zero-order valence-electron chi connectivity index (χ0n) is 14.1. The molecule has 5 heteroatoms. The van der Waals surface area contributed by atoms with Gasteiger partial charge in [0, 0.05) is 25.8 Å². The molecule has 5 nitrogen and oxygen atoms in total. The summed E-state index contributed by atoms with van der Waals surface area (Å²) in [6.07, 6.45) is 3.66. The van der Waals surface area contributed by atoms with Crippen molar-refractivity contribution in [2.45, 2.75) is 59.6 Å². The van der Waals surface area contributed by atoms with Crippen molar-refractivity contribution in [1.82, 2.24) is 9.97 Å². The number of hydrogen-bond acceptors (Lipinski definition) is 5. The van der Waals surface area contributed by atoms with E-state index in [-0.39, 0.29) is 0 Å². The molecule has 1 unspecified atom stereocenters. The van der Waals surface area contributed by atoms with E-state index in [2.05, 4.69) is 41.4 Å². The summed E-state index contributed by atoms with van der Waals surface area (Å²) in [6, 6.07) is 2.34. The standard InChI is InChI=1S/C16H30N4O/c1-6-21-11-16-19-14(17-5)10-15(20-16)18-13(4)9-7-8-12(2)3/h10,12-13H,6-9,11H2,1-5H3,(H2,17,18,19,20). The Hall–Kier alpha value is -1.36. The Morgan fingerprint density at radius 2 is 1.86 bits per heavy atom. The van der Waals surface area contributed by atoms with Crippen molar-refractivity contribution in [1.29, 1.82) is 0 Å². The highest BCUT2D eigenvalue weighted by Crippen LogP contribution is 2.15. The fraction of sp³-hybridized carbons (Fsp3) is 0.750. The van der Waals surface area contributed by atoms with Gasteiger partial charge in [-0.2, -0.15) is 0 Å². The van der Waals surface area contributed by atoms with Gasteiger partial charge in [-0.05, 0) is 26.2 Å². The highest BCUT2D eigenvalue weighted by atomic mass is 16.5. The quantitative estimate of drug-likeness (QED) is 0.689. The molecule has 2 N–H and O–H groups in total. The van der Waals surface area contributed by atoms with Gasteiger partial charge in [0.05, 0.1) is 0 Å². The summed E-state index contributed by atoms with van der Waals surface area (Å²) in [7, 11) is 1.86. The van der Waals surface area contributed by atoms with Crippen LogP contribution in [0.3, 0.4) is 0 Å². The lowest BCUT2D eigenvalue weighted by Gasteiger charge is -2.16. The Morgan fingerprint density at radius 1 is 1.14 bits per heavy atom. The van der Waals surface area contributed by atoms with Crippen molar-refractivity contribution in [3.63, 3.8) is 0 Å². The van der Waals surface area contributed by atoms with Crippen molar-refractivity contribution in [2.24, 2.45) is 5.92 Å². The summed E-state index contributed by atoms with van der Waals surface area (Å²) in [6.45, 7) is 9.81. The third-order valence-corrected chi connectivity index (χ3v) is 3.28. The predicted molar refractivity (Wildman–Crippen MR) is 88.7 cm³/mol. The van der Waals surface area contributed by atoms with Crippen LogP contribution in [0.15, 0.2) is 6.07 Å². The SMILES string of the molecule is CCOCc1nc(NC)cc(NC(C)CCCC(C)C)n1. The van der Waals surface area contributed by atoms with Gasteiger partial charge < -0.3 is 15.4 Å². The van der Waals surface area contributed by atoms with Gasteiger partial charge in [0.1, 0.15) is 18.2 Å². The van der Waals surface area contributed by atoms with Crippen LogP contribution in [0.4, 0.5) is 11.6 Å². The molecule has 120 valence electrons. The first kappa shape index (κ1) is 17.7. The van der Waals surface area contributed by atoms with Crippen LogP contribution >= 0.6 is 0 Å². The molecule has 1 atom stereocenters. The van der Waals surface area contributed by atoms with E-state index in [0.717, 1.165) is 24.0 Å². The Balaban J connectivity index is 2.59. The van der Waals surface area contributed by atoms with Crippen molar-refractivity contribution in [3.8, 4) is 0 Å². The average Bonchev–Trinajstić information content (AvgIpc) is 2.44. The second kappa shape index (κ2) is 9.55. The maximum absolute atomic E-state index is 5.39. The van der Waals surface area contributed by atoms with E-state index in [4.69, 9.17) is 4.74 Å². The zero-order chi connectivity index (χ0) is 15.7. The van der Waals surface area contributed by atoms with Gasteiger partial charge in [0.2, 0.25) is 0 Å². The van der Waals surface area contributed by atoms with Gasteiger partial charge in [-0.3, -0.25) is 0 Å². The molecule has 0 radical (unpaired) electrons. The lowest BCUT2D eigenvalue weighted by Crippen LogP contribution is -2.17. The van der Waals surface area contributed by atoms with E-state index >= 15 is 0 Å². The summed E-state index contributed by atoms with van der Waals surface area (Å²) < 4.78 is 5.39. The highest BCUT2D eigenvalue weighted by molar-refractivity contribution is 5.47. The molecule has 0 amide bonds. The van der Waals surface area contributed by atoms with Crippen LogP contribution in [0.5, 0.6) is 0 Å². The first-order valence-electron chi connectivity index (χ1n) is 7.95. The monoisotopic (exact) mass is 294 g/mol. The molecule has 21 heavy (non-hydrogen) atoms. The van der Waals surface area contributed by atoms with Crippen LogP contribution in [0.25, 0.3) is 0 Å². The number of nitrogens with one attached hydrogen (secondary N) is 2. The number of hydrogen-bond donors (Lipinski definition) is 2. The third kappa shape index (κ3) is 7.27. The Kier molecular flexibility index (Phi) is 8.05. The van der Waals surface area contributed by atoms with Gasteiger partial charge in [-0.1, -0.05) is 26.7 Å². The fourth-order valence-electron chi connectivity index (χ4n) is 2.11. The molecule has 0 saturated carbocycles. The van der Waals surface area contributed by atoms with E-state index in [1.165, 1.54) is 12.8 Å². The van der Waals surface area contributed by atoms with Crippen LogP contribution < -0.4 is 10.6 Å². The van der Waals surface area contributed by atoms with Crippen LogP contribution in [0.1, 0.15) is 52.8 Å². The Morgan fingerprint density at radius 3 is 2.48 bits per heavy atom. The first-order chi connectivity index (χ1) is 10.0. The van der Waals surface area contributed by atoms with E-state index in [1.807, 2.05) is 20.0 Å². The molecule has 0 aliphatic rings. The van der Waals surface area contributed by atoms with E-state index in [9.17, 15) is 0 Å². The summed E-state index contributed by atoms with van der Waals surface area (Å²) >= 11 is 0. The van der Waals surface area contributed by atoms with Crippen LogP contribution in [-0.2, 0) is 11.3 Å². The summed E-state index contributed by atoms with van der Waals surface area (Å²) in [5.41, 5.74) is 0. The third-order valence-electron chi connectivity index (χ3n) is 3.28. The second-order valence-electron chi connectivity index (χ2n) is 5.81. The van der Waals surface area contributed by atoms with Crippen molar-refractivity contribution in [2.75, 3.05) is 24.3 Å². The molecule has 0 bridgehead atoms. The molecule has 0 aromatic carbocycles. The van der Waals surface area contributed by atoms with Gasteiger partial charge in [0.15, 0.2) is 5.82 Å². The first-order valence-corrected chi connectivity index (χ1v) is 7.95. The molecule has 1 aromatic heterocycles. The number of ether oxygens (including phenoxy) is 1. The average molecular weight is 294 g/mol. The van der Waals surface area contributed by atoms with E-state index in [0.29, 0.717) is 25.1 Å². The minimum atomic E-state index is 0.406. The lowest BCUT2D eigenvalue weighted by atomic mass is 10.0. The van der Waals surface area contributed by atoms with Crippen molar-refractivity contribution >= 4 is 11.6 Å². The minimum Gasteiger partial charge on any atom is -0.374 e. The van der Waals surface area contributed by atoms with E-state index < -0.39 is 0 Å². The van der Waals surface area contributed by atoms with E-state index in [1.54, 1.807) is 0 Å². The molecule has 0 aliphatic heterocycles.